The molecular weight excluding hydrogens is 404 g/mol. The first kappa shape index (κ1) is 22.7. The Morgan fingerprint density at radius 1 is 0.875 bits per heavy atom. The Morgan fingerprint density at radius 3 is 2.19 bits per heavy atom. The van der Waals surface area contributed by atoms with E-state index in [1.165, 1.54) is 17.8 Å². The van der Waals surface area contributed by atoms with Crippen LogP contribution in [0.15, 0.2) is 69.9 Å². The minimum Gasteiger partial charge on any atom is -0.507 e. The van der Waals surface area contributed by atoms with Crippen molar-refractivity contribution in [3.05, 3.63) is 82.4 Å². The van der Waals surface area contributed by atoms with Gasteiger partial charge < -0.3 is 9.84 Å². The molecule has 0 unspecified atom stereocenters. The van der Waals surface area contributed by atoms with E-state index in [0.717, 1.165) is 22.4 Å². The molecule has 0 saturated carbocycles. The number of aromatic hydroxyl groups is 1. The highest BCUT2D eigenvalue weighted by Gasteiger charge is 2.04. The Labute approximate surface area is 187 Å². The molecule has 3 aromatic carbocycles. The van der Waals surface area contributed by atoms with Gasteiger partial charge in [-0.15, -0.1) is 0 Å². The largest absolute Gasteiger partial charge is 0.507 e. The fourth-order valence-corrected chi connectivity index (χ4v) is 2.77. The molecule has 1 amide bonds. The number of hydrogen-bond acceptors (Lipinski definition) is 6. The molecule has 0 atom stereocenters. The summed E-state index contributed by atoms with van der Waals surface area (Å²) in [5, 5.41) is 22.4. The molecule has 0 heterocycles. The Hall–Kier alpha value is -4.00. The van der Waals surface area contributed by atoms with Crippen molar-refractivity contribution in [2.75, 3.05) is 6.61 Å². The van der Waals surface area contributed by atoms with Crippen LogP contribution in [0.2, 0.25) is 0 Å². The van der Waals surface area contributed by atoms with Gasteiger partial charge in [0.25, 0.3) is 5.91 Å². The van der Waals surface area contributed by atoms with Gasteiger partial charge in [0.15, 0.2) is 6.61 Å². The number of nitrogens with zero attached hydrogens (tertiary/aromatic N) is 3. The first-order valence-electron chi connectivity index (χ1n) is 10.2. The van der Waals surface area contributed by atoms with Gasteiger partial charge in [0, 0.05) is 5.56 Å². The minimum absolute atomic E-state index is 0.0134. The maximum atomic E-state index is 12.0. The standard InChI is InChI=1S/C25H26N4O3/c1-16-5-7-21(11-18(16)3)27-28-22-8-10-24(30)20(13-22)14-26-29-25(31)15-32-23-9-6-17(2)19(4)12-23/h5-14,30H,15H2,1-4H3,(H,29,31)/b26-14+,28-27?. The second-order valence-corrected chi connectivity index (χ2v) is 7.54. The quantitative estimate of drug-likeness (QED) is 0.291. The normalized spacial score (nSPS) is 11.2. The van der Waals surface area contributed by atoms with E-state index in [2.05, 4.69) is 20.8 Å². The van der Waals surface area contributed by atoms with Crippen LogP contribution in [-0.2, 0) is 4.79 Å². The van der Waals surface area contributed by atoms with Gasteiger partial charge >= 0.3 is 0 Å². The van der Waals surface area contributed by atoms with E-state index in [1.807, 2.05) is 64.1 Å². The smallest absolute Gasteiger partial charge is 0.277 e. The van der Waals surface area contributed by atoms with E-state index < -0.39 is 5.91 Å². The number of hydrogen-bond donors (Lipinski definition) is 2. The van der Waals surface area contributed by atoms with Crippen molar-refractivity contribution >= 4 is 23.5 Å². The third-order valence-corrected chi connectivity index (χ3v) is 5.02. The topological polar surface area (TPSA) is 95.6 Å². The van der Waals surface area contributed by atoms with Gasteiger partial charge in [0.05, 0.1) is 17.6 Å². The molecule has 0 bridgehead atoms. The third kappa shape index (κ3) is 6.25. The lowest BCUT2D eigenvalue weighted by Crippen LogP contribution is -2.24. The molecule has 7 nitrogen and oxygen atoms in total. The van der Waals surface area contributed by atoms with E-state index in [4.69, 9.17) is 4.74 Å². The number of benzene rings is 3. The number of amides is 1. The number of aryl methyl sites for hydroxylation is 4. The van der Waals surface area contributed by atoms with Gasteiger partial charge in [-0.05, 0) is 92.4 Å². The third-order valence-electron chi connectivity index (χ3n) is 5.02. The number of carbonyl (C=O) groups is 1. The molecule has 2 N–H and O–H groups in total. The molecule has 0 fully saturated rings. The zero-order chi connectivity index (χ0) is 23.1. The fraction of sp³-hybridized carbons (Fsp3) is 0.200. The number of ether oxygens (including phenoxy) is 1. The Bertz CT molecular complexity index is 1190. The molecule has 7 heteroatoms. The maximum Gasteiger partial charge on any atom is 0.277 e. The highest BCUT2D eigenvalue weighted by molar-refractivity contribution is 5.86. The molecule has 0 aliphatic carbocycles. The van der Waals surface area contributed by atoms with Crippen molar-refractivity contribution in [2.24, 2.45) is 15.3 Å². The van der Waals surface area contributed by atoms with Gasteiger partial charge in [-0.1, -0.05) is 12.1 Å². The van der Waals surface area contributed by atoms with E-state index in [1.54, 1.807) is 12.1 Å². The van der Waals surface area contributed by atoms with Crippen molar-refractivity contribution in [3.63, 3.8) is 0 Å². The molecule has 0 aromatic heterocycles. The van der Waals surface area contributed by atoms with Crippen LogP contribution in [0.4, 0.5) is 11.4 Å². The summed E-state index contributed by atoms with van der Waals surface area (Å²) in [6.45, 7) is 7.88. The second kappa shape index (κ2) is 10.3. The molecule has 3 aromatic rings. The number of phenolic OH excluding ortho intramolecular Hbond substituents is 1. The molecule has 32 heavy (non-hydrogen) atoms. The summed E-state index contributed by atoms with van der Waals surface area (Å²) in [4.78, 5) is 12.0. The molecule has 0 saturated heterocycles. The number of azo groups is 1. The number of carbonyl (C=O) groups excluding carboxylic acids is 1. The molecule has 0 radical (unpaired) electrons. The average molecular weight is 431 g/mol. The molecule has 0 aliphatic rings. The summed E-state index contributed by atoms with van der Waals surface area (Å²) in [5.74, 6) is 0.218. The van der Waals surface area contributed by atoms with Crippen LogP contribution in [0.1, 0.15) is 27.8 Å². The SMILES string of the molecule is Cc1ccc(N=Nc2ccc(O)c(/C=N/NC(=O)COc3ccc(C)c(C)c3)c2)cc1C. The molecule has 0 spiro atoms. The summed E-state index contributed by atoms with van der Waals surface area (Å²) >= 11 is 0. The summed E-state index contributed by atoms with van der Waals surface area (Å²) in [6, 6.07) is 16.2. The maximum absolute atomic E-state index is 12.0. The van der Waals surface area contributed by atoms with Crippen LogP contribution in [0.25, 0.3) is 0 Å². The van der Waals surface area contributed by atoms with E-state index in [0.29, 0.717) is 17.0 Å². The van der Waals surface area contributed by atoms with Crippen molar-refractivity contribution in [1.29, 1.82) is 0 Å². The van der Waals surface area contributed by atoms with Gasteiger partial charge in [-0.25, -0.2) is 5.43 Å². The average Bonchev–Trinajstić information content (AvgIpc) is 2.77. The van der Waals surface area contributed by atoms with Crippen LogP contribution < -0.4 is 10.2 Å². The van der Waals surface area contributed by atoms with Gasteiger partial charge in [-0.2, -0.15) is 15.3 Å². The monoisotopic (exact) mass is 430 g/mol. The summed E-state index contributed by atoms with van der Waals surface area (Å²) in [5.41, 5.74) is 8.64. The highest BCUT2D eigenvalue weighted by atomic mass is 16.5. The van der Waals surface area contributed by atoms with E-state index >= 15 is 0 Å². The molecule has 0 aliphatic heterocycles. The lowest BCUT2D eigenvalue weighted by Gasteiger charge is -2.07. The lowest BCUT2D eigenvalue weighted by atomic mass is 10.1. The van der Waals surface area contributed by atoms with Gasteiger partial charge in [0.1, 0.15) is 11.5 Å². The van der Waals surface area contributed by atoms with Crippen molar-refractivity contribution in [2.45, 2.75) is 27.7 Å². The van der Waals surface area contributed by atoms with Crippen LogP contribution >= 0.6 is 0 Å². The molecule has 3 rings (SSSR count). The summed E-state index contributed by atoms with van der Waals surface area (Å²) in [6.07, 6.45) is 1.35. The van der Waals surface area contributed by atoms with Crippen molar-refractivity contribution in [3.8, 4) is 11.5 Å². The van der Waals surface area contributed by atoms with E-state index in [9.17, 15) is 9.90 Å². The Balaban J connectivity index is 1.58. The molecular formula is C25H26N4O3. The zero-order valence-electron chi connectivity index (χ0n) is 18.6. The zero-order valence-corrected chi connectivity index (χ0v) is 18.6. The highest BCUT2D eigenvalue weighted by Crippen LogP contribution is 2.25. The summed E-state index contributed by atoms with van der Waals surface area (Å²) < 4.78 is 5.48. The van der Waals surface area contributed by atoms with Gasteiger partial charge in [-0.3, -0.25) is 4.79 Å². The van der Waals surface area contributed by atoms with Crippen LogP contribution in [0.5, 0.6) is 11.5 Å². The van der Waals surface area contributed by atoms with Crippen molar-refractivity contribution < 1.29 is 14.6 Å². The minimum atomic E-state index is -0.412. The predicted molar refractivity (Wildman–Crippen MR) is 125 cm³/mol. The number of phenols is 1. The van der Waals surface area contributed by atoms with Crippen LogP contribution in [0, 0.1) is 27.7 Å². The van der Waals surface area contributed by atoms with Crippen molar-refractivity contribution in [1.82, 2.24) is 5.43 Å². The number of rotatable bonds is 7. The fourth-order valence-electron chi connectivity index (χ4n) is 2.77. The van der Waals surface area contributed by atoms with E-state index in [-0.39, 0.29) is 12.4 Å². The number of hydrazone groups is 1. The first-order chi connectivity index (χ1) is 15.3. The second-order valence-electron chi connectivity index (χ2n) is 7.54. The van der Waals surface area contributed by atoms with Gasteiger partial charge in [0.2, 0.25) is 0 Å². The summed E-state index contributed by atoms with van der Waals surface area (Å²) in [7, 11) is 0. The van der Waals surface area contributed by atoms with Crippen LogP contribution in [0.3, 0.4) is 0 Å². The Kier molecular flexibility index (Phi) is 7.33. The lowest BCUT2D eigenvalue weighted by molar-refractivity contribution is -0.123. The predicted octanol–water partition coefficient (Wildman–Crippen LogP) is 5.57. The Morgan fingerprint density at radius 2 is 1.50 bits per heavy atom. The number of nitrogens with one attached hydrogen (secondary N) is 1. The molecule has 164 valence electrons. The first-order valence-corrected chi connectivity index (χ1v) is 10.2. The van der Waals surface area contributed by atoms with Crippen LogP contribution in [-0.4, -0.2) is 23.8 Å².